The number of nitrogens with one attached hydrogen (secondary N) is 1. The average Bonchev–Trinajstić information content (AvgIpc) is 2.57. The van der Waals surface area contributed by atoms with Gasteiger partial charge in [0.25, 0.3) is 5.56 Å². The minimum atomic E-state index is -3.29. The van der Waals surface area contributed by atoms with Gasteiger partial charge in [0.2, 0.25) is 5.91 Å². The van der Waals surface area contributed by atoms with Crippen molar-refractivity contribution >= 4 is 32.3 Å². The molecule has 0 fully saturated rings. The first-order valence-corrected chi connectivity index (χ1v) is 9.28. The van der Waals surface area contributed by atoms with E-state index in [0.29, 0.717) is 16.6 Å². The third-order valence-corrected chi connectivity index (χ3v) is 4.74. The van der Waals surface area contributed by atoms with Crippen LogP contribution in [0, 0.1) is 0 Å². The number of nitrogens with zero attached hydrogens (tertiary/aromatic N) is 2. The molecular formula is C17H15N3O4S. The van der Waals surface area contributed by atoms with Gasteiger partial charge in [-0.2, -0.15) is 0 Å². The van der Waals surface area contributed by atoms with Gasteiger partial charge in [-0.3, -0.25) is 14.2 Å². The van der Waals surface area contributed by atoms with Crippen LogP contribution in [0.4, 0.5) is 5.69 Å². The third-order valence-electron chi connectivity index (χ3n) is 3.61. The maximum absolute atomic E-state index is 12.3. The Morgan fingerprint density at radius 3 is 2.48 bits per heavy atom. The molecule has 0 aliphatic heterocycles. The highest BCUT2D eigenvalue weighted by atomic mass is 32.2. The second kappa shape index (κ2) is 6.48. The number of hydrogen-bond donors (Lipinski definition) is 1. The molecule has 128 valence electrons. The zero-order chi connectivity index (χ0) is 18.0. The van der Waals surface area contributed by atoms with Crippen LogP contribution in [0.15, 0.2) is 64.5 Å². The maximum Gasteiger partial charge on any atom is 0.261 e. The van der Waals surface area contributed by atoms with E-state index in [9.17, 15) is 18.0 Å². The molecule has 1 N–H and O–H groups in total. The molecule has 0 spiro atoms. The number of para-hydroxylation sites is 1. The van der Waals surface area contributed by atoms with Gasteiger partial charge in [-0.1, -0.05) is 12.1 Å². The predicted octanol–water partition coefficient (Wildman–Crippen LogP) is 1.44. The third kappa shape index (κ3) is 3.74. The summed E-state index contributed by atoms with van der Waals surface area (Å²) in [6, 6.07) is 12.7. The minimum Gasteiger partial charge on any atom is -0.325 e. The molecule has 25 heavy (non-hydrogen) atoms. The molecule has 2 aromatic carbocycles. The van der Waals surface area contributed by atoms with Crippen molar-refractivity contribution in [2.75, 3.05) is 11.6 Å². The van der Waals surface area contributed by atoms with Crippen LogP contribution < -0.4 is 10.9 Å². The minimum absolute atomic E-state index is 0.167. The molecule has 1 heterocycles. The number of benzene rings is 2. The van der Waals surface area contributed by atoms with Gasteiger partial charge >= 0.3 is 0 Å². The summed E-state index contributed by atoms with van der Waals surface area (Å²) in [5, 5.41) is 3.06. The van der Waals surface area contributed by atoms with E-state index >= 15 is 0 Å². The van der Waals surface area contributed by atoms with Crippen LogP contribution in [0.3, 0.4) is 0 Å². The van der Waals surface area contributed by atoms with Crippen LogP contribution in [-0.2, 0) is 21.2 Å². The number of carbonyl (C=O) groups is 1. The zero-order valence-corrected chi connectivity index (χ0v) is 14.2. The van der Waals surface area contributed by atoms with E-state index in [4.69, 9.17) is 0 Å². The van der Waals surface area contributed by atoms with Crippen molar-refractivity contribution in [3.8, 4) is 0 Å². The van der Waals surface area contributed by atoms with E-state index in [0.717, 1.165) is 6.26 Å². The highest BCUT2D eigenvalue weighted by molar-refractivity contribution is 7.90. The Labute approximate surface area is 143 Å². The van der Waals surface area contributed by atoms with Crippen LogP contribution in [-0.4, -0.2) is 30.1 Å². The lowest BCUT2D eigenvalue weighted by Gasteiger charge is -2.08. The highest BCUT2D eigenvalue weighted by Gasteiger charge is 2.10. The molecule has 7 nitrogen and oxygen atoms in total. The summed E-state index contributed by atoms with van der Waals surface area (Å²) < 4.78 is 24.1. The number of hydrogen-bond acceptors (Lipinski definition) is 5. The van der Waals surface area contributed by atoms with Crippen LogP contribution in [0.2, 0.25) is 0 Å². The summed E-state index contributed by atoms with van der Waals surface area (Å²) in [5.41, 5.74) is 0.716. The number of sulfone groups is 1. The second-order valence-corrected chi connectivity index (χ2v) is 7.56. The molecule has 0 aliphatic rings. The van der Waals surface area contributed by atoms with Gasteiger partial charge in [0.15, 0.2) is 9.84 Å². The molecule has 0 atom stereocenters. The van der Waals surface area contributed by atoms with Gasteiger partial charge in [-0.05, 0) is 36.4 Å². The standard InChI is InChI=1S/C17H15N3O4S/c1-25(23,24)13-8-6-12(7-9-13)19-16(21)10-20-11-18-15-5-3-2-4-14(15)17(20)22/h2-9,11H,10H2,1H3,(H,19,21). The highest BCUT2D eigenvalue weighted by Crippen LogP contribution is 2.14. The Hall–Kier alpha value is -3.00. The molecule has 0 bridgehead atoms. The summed E-state index contributed by atoms with van der Waals surface area (Å²) in [5.74, 6) is -0.411. The van der Waals surface area contributed by atoms with Crippen LogP contribution in [0.1, 0.15) is 0 Å². The van der Waals surface area contributed by atoms with Crippen molar-refractivity contribution in [2.45, 2.75) is 11.4 Å². The predicted molar refractivity (Wildman–Crippen MR) is 94.2 cm³/mol. The van der Waals surface area contributed by atoms with Crippen molar-refractivity contribution in [2.24, 2.45) is 0 Å². The van der Waals surface area contributed by atoms with Crippen LogP contribution >= 0.6 is 0 Å². The van der Waals surface area contributed by atoms with E-state index in [-0.39, 0.29) is 17.0 Å². The number of rotatable bonds is 4. The van der Waals surface area contributed by atoms with E-state index in [1.165, 1.54) is 35.2 Å². The monoisotopic (exact) mass is 357 g/mol. The molecule has 8 heteroatoms. The van der Waals surface area contributed by atoms with E-state index in [2.05, 4.69) is 10.3 Å². The number of carbonyl (C=O) groups excluding carboxylic acids is 1. The average molecular weight is 357 g/mol. The fourth-order valence-corrected chi connectivity index (χ4v) is 2.99. The molecule has 0 saturated heterocycles. The van der Waals surface area contributed by atoms with Gasteiger partial charge in [0, 0.05) is 11.9 Å². The Kier molecular flexibility index (Phi) is 4.37. The Balaban J connectivity index is 1.77. The van der Waals surface area contributed by atoms with Crippen molar-refractivity contribution < 1.29 is 13.2 Å². The largest absolute Gasteiger partial charge is 0.325 e. The fraction of sp³-hybridized carbons (Fsp3) is 0.118. The smallest absolute Gasteiger partial charge is 0.261 e. The lowest BCUT2D eigenvalue weighted by Crippen LogP contribution is -2.27. The van der Waals surface area contributed by atoms with Crippen LogP contribution in [0.25, 0.3) is 10.9 Å². The summed E-state index contributed by atoms with van der Waals surface area (Å²) in [6.07, 6.45) is 2.44. The molecule has 0 radical (unpaired) electrons. The van der Waals surface area contributed by atoms with Crippen molar-refractivity contribution in [1.29, 1.82) is 0 Å². The molecule has 3 rings (SSSR count). The Morgan fingerprint density at radius 2 is 1.80 bits per heavy atom. The molecule has 3 aromatic rings. The fourth-order valence-electron chi connectivity index (χ4n) is 2.36. The van der Waals surface area contributed by atoms with E-state index in [1.807, 2.05) is 0 Å². The van der Waals surface area contributed by atoms with Gasteiger partial charge in [-0.25, -0.2) is 13.4 Å². The van der Waals surface area contributed by atoms with Crippen LogP contribution in [0.5, 0.6) is 0 Å². The quantitative estimate of drug-likeness (QED) is 0.762. The first kappa shape index (κ1) is 16.8. The summed E-state index contributed by atoms with van der Waals surface area (Å²) in [4.78, 5) is 28.8. The lowest BCUT2D eigenvalue weighted by atomic mass is 10.2. The lowest BCUT2D eigenvalue weighted by molar-refractivity contribution is -0.116. The van der Waals surface area contributed by atoms with Crippen molar-refractivity contribution in [3.63, 3.8) is 0 Å². The molecule has 1 aromatic heterocycles. The zero-order valence-electron chi connectivity index (χ0n) is 13.3. The number of aromatic nitrogens is 2. The van der Waals surface area contributed by atoms with Crippen molar-refractivity contribution in [3.05, 3.63) is 65.2 Å². The summed E-state index contributed by atoms with van der Waals surface area (Å²) >= 11 is 0. The normalized spacial score (nSPS) is 11.4. The number of anilines is 1. The van der Waals surface area contributed by atoms with Gasteiger partial charge < -0.3 is 5.32 Å². The first-order chi connectivity index (χ1) is 11.8. The molecule has 1 amide bonds. The Morgan fingerprint density at radius 1 is 1.12 bits per heavy atom. The van der Waals surface area contributed by atoms with Gasteiger partial charge in [0.05, 0.1) is 22.1 Å². The van der Waals surface area contributed by atoms with Gasteiger partial charge in [0.1, 0.15) is 6.54 Å². The SMILES string of the molecule is CS(=O)(=O)c1ccc(NC(=O)Cn2cnc3ccccc3c2=O)cc1. The van der Waals surface area contributed by atoms with E-state index < -0.39 is 15.7 Å². The van der Waals surface area contributed by atoms with Crippen molar-refractivity contribution in [1.82, 2.24) is 9.55 Å². The first-order valence-electron chi connectivity index (χ1n) is 7.39. The Bertz CT molecular complexity index is 1100. The van der Waals surface area contributed by atoms with Gasteiger partial charge in [-0.15, -0.1) is 0 Å². The number of fused-ring (bicyclic) bond motifs is 1. The molecule has 0 saturated carbocycles. The summed E-state index contributed by atoms with van der Waals surface area (Å²) in [6.45, 7) is -0.190. The maximum atomic E-state index is 12.3. The topological polar surface area (TPSA) is 98.1 Å². The van der Waals surface area contributed by atoms with E-state index in [1.54, 1.807) is 24.3 Å². The molecular weight excluding hydrogens is 342 g/mol. The summed E-state index contributed by atoms with van der Waals surface area (Å²) in [7, 11) is -3.29. The molecule has 0 unspecified atom stereocenters. The number of amides is 1. The second-order valence-electron chi connectivity index (χ2n) is 5.54. The molecule has 0 aliphatic carbocycles.